The number of carbonyl (C=O) groups excluding carboxylic acids is 1. The van der Waals surface area contributed by atoms with Crippen molar-refractivity contribution in [2.45, 2.75) is 30.4 Å². The quantitative estimate of drug-likeness (QED) is 0.683. The summed E-state index contributed by atoms with van der Waals surface area (Å²) in [5.41, 5.74) is 1.05. The van der Waals surface area contributed by atoms with Gasteiger partial charge in [-0.05, 0) is 37.1 Å². The number of fused-ring (bicyclic) bond motifs is 1. The molecule has 2 heterocycles. The molecule has 9 heteroatoms. The highest BCUT2D eigenvalue weighted by atomic mass is 35.5. The number of nitrogens with zero attached hydrogens (tertiary/aromatic N) is 2. The summed E-state index contributed by atoms with van der Waals surface area (Å²) in [5.74, 6) is -0.163. The molecule has 146 valence electrons. The highest BCUT2D eigenvalue weighted by Gasteiger charge is 2.39. The molecule has 6 nitrogen and oxygen atoms in total. The first-order valence-electron chi connectivity index (χ1n) is 8.69. The Morgan fingerprint density at radius 2 is 1.86 bits per heavy atom. The first-order chi connectivity index (χ1) is 13.4. The zero-order chi connectivity index (χ0) is 19.9. The molecular formula is C19H16Cl2N2O4S. The number of amidine groups is 1. The van der Waals surface area contributed by atoms with E-state index in [-0.39, 0.29) is 11.5 Å². The van der Waals surface area contributed by atoms with Crippen molar-refractivity contribution in [3.05, 3.63) is 63.6 Å². The van der Waals surface area contributed by atoms with Gasteiger partial charge in [0.05, 0.1) is 0 Å². The van der Waals surface area contributed by atoms with Crippen LogP contribution in [0.2, 0.25) is 10.0 Å². The highest BCUT2D eigenvalue weighted by Crippen LogP contribution is 2.32. The maximum absolute atomic E-state index is 12.7. The fourth-order valence-electron chi connectivity index (χ4n) is 3.47. The van der Waals surface area contributed by atoms with Gasteiger partial charge in [-0.25, -0.2) is 4.79 Å². The first-order valence-corrected chi connectivity index (χ1v) is 10.9. The molecular weight excluding hydrogens is 423 g/mol. The van der Waals surface area contributed by atoms with Crippen LogP contribution >= 0.6 is 23.2 Å². The minimum Gasteiger partial charge on any atom is -0.459 e. The lowest BCUT2D eigenvalue weighted by Crippen LogP contribution is -2.41. The predicted molar refractivity (Wildman–Crippen MR) is 106 cm³/mol. The average Bonchev–Trinajstić information content (AvgIpc) is 3.24. The maximum atomic E-state index is 12.7. The molecule has 0 saturated carbocycles. The normalized spacial score (nSPS) is 20.0. The van der Waals surface area contributed by atoms with Crippen molar-refractivity contribution in [3.63, 3.8) is 0 Å². The predicted octanol–water partition coefficient (Wildman–Crippen LogP) is 3.65. The van der Waals surface area contributed by atoms with Crippen LogP contribution in [-0.4, -0.2) is 37.7 Å². The van der Waals surface area contributed by atoms with Gasteiger partial charge in [-0.15, -0.1) is 4.40 Å². The van der Waals surface area contributed by atoms with Crippen molar-refractivity contribution in [2.75, 3.05) is 6.54 Å². The minimum absolute atomic E-state index is 0.0525. The molecule has 0 spiro atoms. The van der Waals surface area contributed by atoms with Crippen molar-refractivity contribution < 1.29 is 17.9 Å². The molecule has 0 amide bonds. The molecule has 28 heavy (non-hydrogen) atoms. The molecule has 0 aliphatic carbocycles. The maximum Gasteiger partial charge on any atom is 0.329 e. The Labute approximate surface area is 172 Å². The van der Waals surface area contributed by atoms with Crippen molar-refractivity contribution >= 4 is 45.0 Å². The molecule has 1 fully saturated rings. The number of benzene rings is 2. The summed E-state index contributed by atoms with van der Waals surface area (Å²) in [6.07, 6.45) is 1.28. The fraction of sp³-hybridized carbons (Fsp3) is 0.263. The number of hydrogen-bond donors (Lipinski definition) is 0. The number of carbonyl (C=O) groups is 1. The van der Waals surface area contributed by atoms with E-state index in [2.05, 4.69) is 4.40 Å². The van der Waals surface area contributed by atoms with Gasteiger partial charge in [-0.3, -0.25) is 0 Å². The van der Waals surface area contributed by atoms with Crippen molar-refractivity contribution in [1.82, 2.24) is 4.90 Å². The lowest BCUT2D eigenvalue weighted by atomic mass is 10.1. The Morgan fingerprint density at radius 1 is 1.14 bits per heavy atom. The van der Waals surface area contributed by atoms with Gasteiger partial charge in [0, 0.05) is 27.7 Å². The molecule has 2 aromatic carbocycles. The fourth-order valence-corrected chi connectivity index (χ4v) is 5.19. The lowest BCUT2D eigenvalue weighted by Gasteiger charge is -2.25. The second kappa shape index (κ2) is 7.39. The molecule has 1 atom stereocenters. The summed E-state index contributed by atoms with van der Waals surface area (Å²) in [4.78, 5) is 14.6. The molecule has 0 N–H and O–H groups in total. The van der Waals surface area contributed by atoms with Gasteiger partial charge in [0.1, 0.15) is 17.5 Å². The van der Waals surface area contributed by atoms with Crippen molar-refractivity contribution in [2.24, 2.45) is 4.40 Å². The van der Waals surface area contributed by atoms with Crippen LogP contribution in [0, 0.1) is 0 Å². The number of esters is 1. The number of rotatable bonds is 3. The number of ether oxygens (including phenoxy) is 1. The van der Waals surface area contributed by atoms with Crippen LogP contribution < -0.4 is 0 Å². The van der Waals surface area contributed by atoms with E-state index in [0.29, 0.717) is 40.0 Å². The van der Waals surface area contributed by atoms with E-state index in [9.17, 15) is 13.2 Å². The lowest BCUT2D eigenvalue weighted by molar-refractivity contribution is -0.149. The van der Waals surface area contributed by atoms with Crippen LogP contribution in [0.25, 0.3) is 0 Å². The van der Waals surface area contributed by atoms with Gasteiger partial charge in [-0.2, -0.15) is 8.42 Å². The second-order valence-corrected chi connectivity index (χ2v) is 8.93. The Balaban J connectivity index is 1.55. The average molecular weight is 439 g/mol. The topological polar surface area (TPSA) is 76.0 Å². The number of hydrogen-bond acceptors (Lipinski definition) is 5. The first kappa shape index (κ1) is 19.2. The van der Waals surface area contributed by atoms with Gasteiger partial charge in [-0.1, -0.05) is 41.4 Å². The molecule has 2 aromatic rings. The molecule has 4 rings (SSSR count). The molecule has 0 unspecified atom stereocenters. The minimum atomic E-state index is -3.75. The summed E-state index contributed by atoms with van der Waals surface area (Å²) in [7, 11) is -3.75. The van der Waals surface area contributed by atoms with Crippen molar-refractivity contribution in [1.29, 1.82) is 0 Å². The van der Waals surface area contributed by atoms with Crippen LogP contribution in [0.1, 0.15) is 24.0 Å². The molecule has 1 saturated heterocycles. The summed E-state index contributed by atoms with van der Waals surface area (Å²) < 4.78 is 34.0. The van der Waals surface area contributed by atoms with Gasteiger partial charge < -0.3 is 9.64 Å². The smallest absolute Gasteiger partial charge is 0.329 e. The Morgan fingerprint density at radius 3 is 2.61 bits per heavy atom. The summed E-state index contributed by atoms with van der Waals surface area (Å²) in [6.45, 7) is 0.471. The SMILES string of the molecule is O=C(OCc1c(Cl)cccc1Cl)[C@H]1CCCN1C1=NS(=O)(=O)c2ccccc21. The molecule has 0 aromatic heterocycles. The number of halogens is 2. The molecule has 0 bridgehead atoms. The molecule has 2 aliphatic heterocycles. The summed E-state index contributed by atoms with van der Waals surface area (Å²) in [5, 5.41) is 0.840. The second-order valence-electron chi connectivity index (χ2n) is 6.55. The third-order valence-corrected chi connectivity index (χ3v) is 6.86. The van der Waals surface area contributed by atoms with Gasteiger partial charge in [0.15, 0.2) is 5.84 Å². The number of sulfonamides is 1. The largest absolute Gasteiger partial charge is 0.459 e. The van der Waals surface area contributed by atoms with Crippen LogP contribution in [0.5, 0.6) is 0 Å². The molecule has 0 radical (unpaired) electrons. The third kappa shape index (κ3) is 3.38. The van der Waals surface area contributed by atoms with Crippen LogP contribution in [0.15, 0.2) is 51.8 Å². The van der Waals surface area contributed by atoms with Crippen LogP contribution in [-0.2, 0) is 26.2 Å². The van der Waals surface area contributed by atoms with E-state index < -0.39 is 22.0 Å². The van der Waals surface area contributed by atoms with Crippen molar-refractivity contribution in [3.8, 4) is 0 Å². The molecule has 2 aliphatic rings. The zero-order valence-corrected chi connectivity index (χ0v) is 17.0. The Bertz CT molecular complexity index is 1060. The van der Waals surface area contributed by atoms with Gasteiger partial charge >= 0.3 is 5.97 Å². The highest BCUT2D eigenvalue weighted by molar-refractivity contribution is 7.90. The third-order valence-electron chi connectivity index (χ3n) is 4.83. The van der Waals surface area contributed by atoms with E-state index in [4.69, 9.17) is 27.9 Å². The summed E-state index contributed by atoms with van der Waals surface area (Å²) in [6, 6.07) is 11.1. The van der Waals surface area contributed by atoms with E-state index in [0.717, 1.165) is 6.42 Å². The van der Waals surface area contributed by atoms with Gasteiger partial charge in [0.2, 0.25) is 0 Å². The van der Waals surface area contributed by atoms with E-state index in [1.807, 2.05) is 0 Å². The summed E-state index contributed by atoms with van der Waals surface area (Å²) >= 11 is 12.2. The van der Waals surface area contributed by atoms with Crippen LogP contribution in [0.3, 0.4) is 0 Å². The van der Waals surface area contributed by atoms with E-state index in [1.54, 1.807) is 41.3 Å². The monoisotopic (exact) mass is 438 g/mol. The van der Waals surface area contributed by atoms with Gasteiger partial charge in [0.25, 0.3) is 10.0 Å². The van der Waals surface area contributed by atoms with Crippen LogP contribution in [0.4, 0.5) is 0 Å². The Kier molecular flexibility index (Phi) is 5.07. The number of likely N-dealkylation sites (tertiary alicyclic amines) is 1. The zero-order valence-electron chi connectivity index (χ0n) is 14.6. The standard InChI is InChI=1S/C19H16Cl2N2O4S/c20-14-6-3-7-15(21)13(14)11-27-19(24)16-8-4-10-23(16)18-12-5-1-2-9-17(12)28(25,26)22-18/h1-3,5-7,9,16H,4,8,10-11H2/t16-/m1/s1. The van der Waals surface area contributed by atoms with E-state index >= 15 is 0 Å². The Hall–Kier alpha value is -2.09. The van der Waals surface area contributed by atoms with E-state index in [1.165, 1.54) is 6.07 Å².